The van der Waals surface area contributed by atoms with E-state index in [1.54, 1.807) is 0 Å². The van der Waals surface area contributed by atoms with Gasteiger partial charge in [-0.25, -0.2) is 0 Å². The summed E-state index contributed by atoms with van der Waals surface area (Å²) in [4.78, 5) is 0. The molecule has 0 saturated heterocycles. The molecule has 0 aliphatic heterocycles. The molecular weight excluding hydrogens is 220 g/mol. The summed E-state index contributed by atoms with van der Waals surface area (Å²) in [6, 6.07) is 16.1. The molecule has 2 aromatic rings. The van der Waals surface area contributed by atoms with E-state index in [-0.39, 0.29) is 0 Å². The lowest BCUT2D eigenvalue weighted by molar-refractivity contribution is 0.0573. The molecule has 0 aliphatic carbocycles. The molecule has 1 N–H and O–H groups in total. The van der Waals surface area contributed by atoms with Crippen molar-refractivity contribution in [3.8, 4) is 0 Å². The fourth-order valence-electron chi connectivity index (χ4n) is 2.37. The number of aryl methyl sites for hydroxylation is 2. The molecule has 0 amide bonds. The largest absolute Gasteiger partial charge is 0.385 e. The van der Waals surface area contributed by atoms with Gasteiger partial charge in [-0.2, -0.15) is 0 Å². The Hall–Kier alpha value is -1.60. The van der Waals surface area contributed by atoms with Crippen LogP contribution >= 0.6 is 0 Å². The zero-order valence-electron chi connectivity index (χ0n) is 11.3. The van der Waals surface area contributed by atoms with Crippen LogP contribution in [-0.4, -0.2) is 5.11 Å². The summed E-state index contributed by atoms with van der Waals surface area (Å²) in [6.45, 7) is 6.08. The predicted octanol–water partition coefficient (Wildman–Crippen LogP) is 3.75. The smallest absolute Gasteiger partial charge is 0.0908 e. The van der Waals surface area contributed by atoms with Gasteiger partial charge in [-0.05, 0) is 43.0 Å². The Kier molecular flexibility index (Phi) is 3.53. The third kappa shape index (κ3) is 2.62. The molecule has 0 radical (unpaired) electrons. The molecule has 18 heavy (non-hydrogen) atoms. The molecule has 0 spiro atoms. The fourth-order valence-corrected chi connectivity index (χ4v) is 2.37. The molecule has 1 unspecified atom stereocenters. The lowest BCUT2D eigenvalue weighted by Crippen LogP contribution is -2.25. The standard InChI is InChI=1S/C17H20O/c1-13-8-7-9-14(2)16(13)12-17(3,18)15-10-5-4-6-11-15/h4-11,18H,12H2,1-3H3. The van der Waals surface area contributed by atoms with Crippen LogP contribution in [0.5, 0.6) is 0 Å². The van der Waals surface area contributed by atoms with Gasteiger partial charge in [-0.15, -0.1) is 0 Å². The highest BCUT2D eigenvalue weighted by atomic mass is 16.3. The third-order valence-corrected chi connectivity index (χ3v) is 3.56. The average Bonchev–Trinajstić information content (AvgIpc) is 2.35. The SMILES string of the molecule is Cc1cccc(C)c1CC(C)(O)c1ccccc1. The van der Waals surface area contributed by atoms with Gasteiger partial charge < -0.3 is 5.11 Å². The van der Waals surface area contributed by atoms with Gasteiger partial charge in [0.1, 0.15) is 0 Å². The van der Waals surface area contributed by atoms with Crippen molar-refractivity contribution in [2.75, 3.05) is 0 Å². The van der Waals surface area contributed by atoms with Gasteiger partial charge in [0.05, 0.1) is 5.60 Å². The first kappa shape index (κ1) is 12.8. The Bertz CT molecular complexity index is 506. The number of aliphatic hydroxyl groups is 1. The summed E-state index contributed by atoms with van der Waals surface area (Å²) < 4.78 is 0. The van der Waals surface area contributed by atoms with Gasteiger partial charge in [0.25, 0.3) is 0 Å². The van der Waals surface area contributed by atoms with Gasteiger partial charge >= 0.3 is 0 Å². The maximum atomic E-state index is 10.7. The zero-order chi connectivity index (χ0) is 13.2. The van der Waals surface area contributed by atoms with Crippen molar-refractivity contribution in [3.63, 3.8) is 0 Å². The van der Waals surface area contributed by atoms with Crippen molar-refractivity contribution in [2.24, 2.45) is 0 Å². The summed E-state index contributed by atoms with van der Waals surface area (Å²) >= 11 is 0. The Labute approximate surface area is 109 Å². The summed E-state index contributed by atoms with van der Waals surface area (Å²) in [6.07, 6.45) is 0.648. The zero-order valence-corrected chi connectivity index (χ0v) is 11.3. The van der Waals surface area contributed by atoms with E-state index in [0.29, 0.717) is 6.42 Å². The molecule has 0 saturated carbocycles. The Balaban J connectivity index is 2.34. The van der Waals surface area contributed by atoms with Gasteiger partial charge in [-0.3, -0.25) is 0 Å². The topological polar surface area (TPSA) is 20.2 Å². The lowest BCUT2D eigenvalue weighted by atomic mass is 9.86. The summed E-state index contributed by atoms with van der Waals surface area (Å²) in [7, 11) is 0. The molecule has 0 aromatic heterocycles. The number of hydrogen-bond donors (Lipinski definition) is 1. The van der Waals surface area contributed by atoms with Crippen LogP contribution in [0.15, 0.2) is 48.5 Å². The van der Waals surface area contributed by atoms with Crippen LogP contribution in [-0.2, 0) is 12.0 Å². The minimum Gasteiger partial charge on any atom is -0.385 e. The molecule has 2 aromatic carbocycles. The predicted molar refractivity (Wildman–Crippen MR) is 75.6 cm³/mol. The Morgan fingerprint density at radius 3 is 2.00 bits per heavy atom. The van der Waals surface area contributed by atoms with Crippen molar-refractivity contribution >= 4 is 0 Å². The Morgan fingerprint density at radius 1 is 0.889 bits per heavy atom. The summed E-state index contributed by atoms with van der Waals surface area (Å²) in [5.41, 5.74) is 3.87. The van der Waals surface area contributed by atoms with Crippen LogP contribution in [0.4, 0.5) is 0 Å². The molecule has 0 fully saturated rings. The molecule has 1 nitrogen and oxygen atoms in total. The minimum atomic E-state index is -0.821. The van der Waals surface area contributed by atoms with Crippen LogP contribution in [0.3, 0.4) is 0 Å². The van der Waals surface area contributed by atoms with Crippen LogP contribution in [0.25, 0.3) is 0 Å². The van der Waals surface area contributed by atoms with Crippen LogP contribution in [0, 0.1) is 13.8 Å². The van der Waals surface area contributed by atoms with Crippen LogP contribution in [0.2, 0.25) is 0 Å². The van der Waals surface area contributed by atoms with E-state index >= 15 is 0 Å². The highest BCUT2D eigenvalue weighted by Gasteiger charge is 2.24. The minimum absolute atomic E-state index is 0.648. The first-order valence-electron chi connectivity index (χ1n) is 6.34. The molecule has 0 aliphatic rings. The average molecular weight is 240 g/mol. The van der Waals surface area contributed by atoms with E-state index in [9.17, 15) is 5.11 Å². The van der Waals surface area contributed by atoms with Crippen molar-refractivity contribution in [1.29, 1.82) is 0 Å². The molecule has 0 heterocycles. The second-order valence-corrected chi connectivity index (χ2v) is 5.19. The highest BCUT2D eigenvalue weighted by Crippen LogP contribution is 2.27. The lowest BCUT2D eigenvalue weighted by Gasteiger charge is -2.26. The molecule has 1 heteroatoms. The van der Waals surface area contributed by atoms with Gasteiger partial charge in [0.2, 0.25) is 0 Å². The quantitative estimate of drug-likeness (QED) is 0.866. The van der Waals surface area contributed by atoms with E-state index in [2.05, 4.69) is 32.0 Å². The Morgan fingerprint density at radius 2 is 1.44 bits per heavy atom. The van der Waals surface area contributed by atoms with Crippen LogP contribution in [0.1, 0.15) is 29.2 Å². The monoisotopic (exact) mass is 240 g/mol. The van der Waals surface area contributed by atoms with Crippen molar-refractivity contribution in [1.82, 2.24) is 0 Å². The van der Waals surface area contributed by atoms with Crippen molar-refractivity contribution in [3.05, 3.63) is 70.8 Å². The molecule has 2 rings (SSSR count). The van der Waals surface area contributed by atoms with E-state index in [1.165, 1.54) is 16.7 Å². The van der Waals surface area contributed by atoms with Gasteiger partial charge in [0.15, 0.2) is 0 Å². The van der Waals surface area contributed by atoms with Crippen molar-refractivity contribution < 1.29 is 5.11 Å². The second-order valence-electron chi connectivity index (χ2n) is 5.19. The first-order valence-corrected chi connectivity index (χ1v) is 6.34. The molecule has 94 valence electrons. The van der Waals surface area contributed by atoms with E-state index in [4.69, 9.17) is 0 Å². The van der Waals surface area contributed by atoms with E-state index in [0.717, 1.165) is 5.56 Å². The maximum Gasteiger partial charge on any atom is 0.0908 e. The second kappa shape index (κ2) is 4.95. The maximum absolute atomic E-state index is 10.7. The van der Waals surface area contributed by atoms with Gasteiger partial charge in [0, 0.05) is 6.42 Å². The van der Waals surface area contributed by atoms with E-state index < -0.39 is 5.60 Å². The number of rotatable bonds is 3. The number of benzene rings is 2. The van der Waals surface area contributed by atoms with E-state index in [1.807, 2.05) is 37.3 Å². The van der Waals surface area contributed by atoms with Crippen LogP contribution < -0.4 is 0 Å². The normalized spacial score (nSPS) is 14.2. The molecule has 1 atom stereocenters. The highest BCUT2D eigenvalue weighted by molar-refractivity contribution is 5.36. The fraction of sp³-hybridized carbons (Fsp3) is 0.294. The molecule has 0 bridgehead atoms. The third-order valence-electron chi connectivity index (χ3n) is 3.56. The first-order chi connectivity index (χ1) is 8.50. The summed E-state index contributed by atoms with van der Waals surface area (Å²) in [5.74, 6) is 0. The molecular formula is C17H20O. The van der Waals surface area contributed by atoms with Gasteiger partial charge in [-0.1, -0.05) is 48.5 Å². The number of hydrogen-bond acceptors (Lipinski definition) is 1. The summed E-state index contributed by atoms with van der Waals surface area (Å²) in [5, 5.41) is 10.7. The van der Waals surface area contributed by atoms with Crippen molar-refractivity contribution in [2.45, 2.75) is 32.8 Å².